The SMILES string of the molecule is Cc1ccc(-c2cccc3c2oc2c(-c4ccccc4)cccc23)cc1.Cc1ccc(-c2cccc3sc4ccccc4c23)cc1.Cc1cccc(-c2cccc3sc4ccccc4c23)c1.Cc1cccc2c1oc1c(C3CCCCC3)cccc12.Cc1ccccc1-c1ccc2c(c1)sc1ccccc12.Cc1ccccc1-c1cccc2sc3ccccc3c12. The van der Waals surface area contributed by atoms with E-state index >= 15 is 0 Å². The smallest absolute Gasteiger partial charge is 0.143 e. The van der Waals surface area contributed by atoms with Crippen LogP contribution < -0.4 is 0 Å². The molecule has 0 N–H and O–H groups in total. The summed E-state index contributed by atoms with van der Waals surface area (Å²) in [6, 6.07) is 141. The van der Waals surface area contributed by atoms with E-state index < -0.39 is 0 Å². The zero-order valence-electron chi connectivity index (χ0n) is 71.6. The number of aryl methyl sites for hydroxylation is 6. The molecule has 1 aliphatic rings. The van der Waals surface area contributed by atoms with Gasteiger partial charge in [0.2, 0.25) is 0 Å². The maximum absolute atomic E-state index is 6.45. The lowest BCUT2D eigenvalue weighted by Gasteiger charge is -2.21. The highest BCUT2D eigenvalue weighted by Gasteiger charge is 2.23. The standard InChI is InChI=1S/C25H18O.C19H20O.4C19H14S/c1-17-13-15-19(16-14-17)21-10-6-12-23-22-11-5-9-20(24(22)26-25(21)23)18-7-3-2-4-8-18;1-13-7-5-11-16-17-12-6-10-15(19(17)20-18(13)16)14-8-3-2-4-9-14;1-13-6-4-7-14(12-13)15-9-5-11-18-19(15)16-8-2-3-10-17(16)20-18;1-13-7-2-3-8-14(13)15-10-6-12-18-19(15)16-9-4-5-11-17(16)20-18;1-13-6-2-3-7-15(13)14-10-11-17-16-8-4-5-9-18(16)20-19(17)12-14;1-13-9-11-14(12-10-13)15-6-4-8-18-19(15)16-5-2-3-7-17(16)20-18/h2-16H,1H3;5-7,10-12,14H,2-4,8-9H2,1H3;4*2-12H,1H3. The van der Waals surface area contributed by atoms with E-state index in [1.807, 2.05) is 51.4 Å². The van der Waals surface area contributed by atoms with Crippen LogP contribution in [0.15, 0.2) is 403 Å². The Morgan fingerprint density at radius 2 is 0.540 bits per heavy atom. The molecule has 0 spiro atoms. The van der Waals surface area contributed by atoms with Crippen molar-refractivity contribution >= 4 is 170 Å². The molecule has 0 atom stereocenters. The van der Waals surface area contributed by atoms with Gasteiger partial charge in [0.05, 0.1) is 0 Å². The van der Waals surface area contributed by atoms with Crippen LogP contribution in [0.2, 0.25) is 0 Å². The first-order chi connectivity index (χ1) is 62.0. The molecular formula is C120H94O2S4. The monoisotopic (exact) mass is 1690 g/mol. The number of thiophene rings is 4. The minimum Gasteiger partial charge on any atom is -0.455 e. The number of furan rings is 2. The summed E-state index contributed by atoms with van der Waals surface area (Å²) in [5.74, 6) is 0.688. The third-order valence-electron chi connectivity index (χ3n) is 24.9. The second kappa shape index (κ2) is 36.0. The van der Waals surface area contributed by atoms with Crippen molar-refractivity contribution in [2.24, 2.45) is 0 Å². The van der Waals surface area contributed by atoms with Crippen molar-refractivity contribution in [2.75, 3.05) is 0 Å². The van der Waals surface area contributed by atoms with Gasteiger partial charge in [-0.15, -0.1) is 45.3 Å². The highest BCUT2D eigenvalue weighted by atomic mass is 32.1. The maximum Gasteiger partial charge on any atom is 0.143 e. The molecule has 1 saturated carbocycles. The Morgan fingerprint density at radius 3 is 1.10 bits per heavy atom. The summed E-state index contributed by atoms with van der Waals surface area (Å²) in [4.78, 5) is 0. The quantitative estimate of drug-likeness (QED) is 0.159. The average molecular weight is 1700 g/mol. The minimum absolute atomic E-state index is 0.688. The van der Waals surface area contributed by atoms with Crippen LogP contribution in [0.5, 0.6) is 0 Å². The van der Waals surface area contributed by atoms with Gasteiger partial charge in [0, 0.05) is 113 Å². The lowest BCUT2D eigenvalue weighted by molar-refractivity contribution is 0.442. The molecule has 0 bridgehead atoms. The van der Waals surface area contributed by atoms with Crippen LogP contribution in [0.1, 0.15) is 77.0 Å². The largest absolute Gasteiger partial charge is 0.455 e. The van der Waals surface area contributed by atoms with Gasteiger partial charge in [0.15, 0.2) is 0 Å². The summed E-state index contributed by atoms with van der Waals surface area (Å²) in [6.07, 6.45) is 6.75. The van der Waals surface area contributed by atoms with Gasteiger partial charge in [-0.3, -0.25) is 0 Å². The Hall–Kier alpha value is -13.6. The molecule has 24 aromatic rings. The number of rotatable bonds is 7. The summed E-state index contributed by atoms with van der Waals surface area (Å²) < 4.78 is 23.6. The van der Waals surface area contributed by atoms with E-state index in [0.29, 0.717) is 5.92 Å². The highest BCUT2D eigenvalue weighted by Crippen LogP contribution is 2.47. The van der Waals surface area contributed by atoms with Gasteiger partial charge in [-0.05, 0) is 187 Å². The Bertz CT molecular complexity index is 8080. The van der Waals surface area contributed by atoms with Gasteiger partial charge < -0.3 is 8.83 Å². The second-order valence-corrected chi connectivity index (χ2v) is 37.7. The molecular weight excluding hydrogens is 1600 g/mol. The number of benzene rings is 18. The van der Waals surface area contributed by atoms with Gasteiger partial charge in [-0.25, -0.2) is 0 Å². The number of hydrogen-bond donors (Lipinski definition) is 0. The zero-order chi connectivity index (χ0) is 85.1. The van der Waals surface area contributed by atoms with Gasteiger partial charge in [0.25, 0.3) is 0 Å². The van der Waals surface area contributed by atoms with Crippen molar-refractivity contribution in [3.8, 4) is 66.8 Å². The first-order valence-corrected chi connectivity index (χ1v) is 47.1. The molecule has 18 aromatic carbocycles. The molecule has 0 unspecified atom stereocenters. The molecule has 25 rings (SSSR count). The maximum atomic E-state index is 6.45. The number of hydrogen-bond acceptors (Lipinski definition) is 6. The van der Waals surface area contributed by atoms with Crippen LogP contribution in [0.4, 0.5) is 0 Å². The number of fused-ring (bicyclic) bond motifs is 18. The Labute approximate surface area is 752 Å². The van der Waals surface area contributed by atoms with Crippen molar-refractivity contribution in [3.63, 3.8) is 0 Å². The minimum atomic E-state index is 0.688. The Morgan fingerprint density at radius 1 is 0.198 bits per heavy atom. The molecule has 0 saturated heterocycles. The first kappa shape index (κ1) is 80.8. The Kier molecular flexibility index (Phi) is 23.1. The van der Waals surface area contributed by atoms with Crippen molar-refractivity contribution in [1.82, 2.24) is 0 Å². The van der Waals surface area contributed by atoms with Gasteiger partial charge in [0.1, 0.15) is 22.3 Å². The van der Waals surface area contributed by atoms with Gasteiger partial charge in [-0.2, -0.15) is 0 Å². The van der Waals surface area contributed by atoms with E-state index in [1.165, 1.54) is 218 Å². The lowest BCUT2D eigenvalue weighted by atomic mass is 9.83. The normalized spacial score (nSPS) is 12.2. The summed E-state index contributed by atoms with van der Waals surface area (Å²) in [7, 11) is 0. The third kappa shape index (κ3) is 16.2. The summed E-state index contributed by atoms with van der Waals surface area (Å²) in [5.41, 5.74) is 28.5. The van der Waals surface area contributed by atoms with E-state index in [2.05, 4.69) is 430 Å². The highest BCUT2D eigenvalue weighted by molar-refractivity contribution is 7.27. The molecule has 6 aromatic heterocycles. The van der Waals surface area contributed by atoms with Crippen LogP contribution in [0.25, 0.3) is 191 Å². The molecule has 610 valence electrons. The predicted octanol–water partition coefficient (Wildman–Crippen LogP) is 37.3. The van der Waals surface area contributed by atoms with Gasteiger partial charge >= 0.3 is 0 Å². The van der Waals surface area contributed by atoms with Crippen molar-refractivity contribution in [1.29, 1.82) is 0 Å². The number of para-hydroxylation sites is 4. The summed E-state index contributed by atoms with van der Waals surface area (Å²) in [6.45, 7) is 12.9. The second-order valence-electron chi connectivity index (χ2n) is 33.3. The van der Waals surface area contributed by atoms with E-state index in [1.54, 1.807) is 0 Å². The van der Waals surface area contributed by atoms with E-state index in [9.17, 15) is 0 Å². The third-order valence-corrected chi connectivity index (χ3v) is 29.5. The van der Waals surface area contributed by atoms with E-state index in [4.69, 9.17) is 8.83 Å². The molecule has 1 aliphatic carbocycles. The van der Waals surface area contributed by atoms with Crippen molar-refractivity contribution < 1.29 is 8.83 Å². The fraction of sp³-hybridized carbons (Fsp3) is 0.100. The Balaban J connectivity index is 0.0000000956. The van der Waals surface area contributed by atoms with E-state index in [0.717, 1.165) is 44.2 Å². The van der Waals surface area contributed by atoms with E-state index in [-0.39, 0.29) is 0 Å². The van der Waals surface area contributed by atoms with Crippen LogP contribution in [0, 0.1) is 41.5 Å². The van der Waals surface area contributed by atoms with Gasteiger partial charge in [-0.1, -0.05) is 382 Å². The fourth-order valence-electron chi connectivity index (χ4n) is 18.6. The molecule has 0 radical (unpaired) electrons. The molecule has 0 aliphatic heterocycles. The van der Waals surface area contributed by atoms with Crippen LogP contribution in [-0.2, 0) is 0 Å². The van der Waals surface area contributed by atoms with Crippen molar-refractivity contribution in [2.45, 2.75) is 79.6 Å². The lowest BCUT2D eigenvalue weighted by Crippen LogP contribution is -2.04. The topological polar surface area (TPSA) is 26.3 Å². The molecule has 126 heavy (non-hydrogen) atoms. The summed E-state index contributed by atoms with van der Waals surface area (Å²) >= 11 is 7.50. The van der Waals surface area contributed by atoms with Crippen LogP contribution in [-0.4, -0.2) is 0 Å². The predicted molar refractivity (Wildman–Crippen MR) is 552 cm³/mol. The first-order valence-electron chi connectivity index (χ1n) is 43.8. The fourth-order valence-corrected chi connectivity index (χ4v) is 23.1. The van der Waals surface area contributed by atoms with Crippen LogP contribution in [0.3, 0.4) is 0 Å². The molecule has 6 heteroatoms. The molecule has 6 heterocycles. The summed E-state index contributed by atoms with van der Waals surface area (Å²) in [5, 5.41) is 15.9. The van der Waals surface area contributed by atoms with Crippen molar-refractivity contribution in [3.05, 3.63) is 433 Å². The average Bonchev–Trinajstić information content (AvgIpc) is 1.70. The zero-order valence-corrected chi connectivity index (χ0v) is 74.9. The molecule has 0 amide bonds. The van der Waals surface area contributed by atoms with Crippen LogP contribution >= 0.6 is 45.3 Å². The molecule has 1 fully saturated rings. The molecule has 2 nitrogen and oxygen atoms in total.